The SMILES string of the molecule is COc1ccc(-n2ccnc(NCc3ccccc3)c2=O)cc1Cl. The number of methoxy groups -OCH3 is 1. The summed E-state index contributed by atoms with van der Waals surface area (Å²) in [6.45, 7) is 0.524. The molecule has 5 nitrogen and oxygen atoms in total. The molecule has 3 aromatic rings. The number of hydrogen-bond acceptors (Lipinski definition) is 4. The van der Waals surface area contributed by atoms with Gasteiger partial charge in [0.25, 0.3) is 5.56 Å². The monoisotopic (exact) mass is 341 g/mol. The fourth-order valence-corrected chi connectivity index (χ4v) is 2.57. The molecule has 2 aromatic carbocycles. The van der Waals surface area contributed by atoms with Crippen molar-refractivity contribution in [1.82, 2.24) is 9.55 Å². The van der Waals surface area contributed by atoms with E-state index in [1.807, 2.05) is 30.3 Å². The van der Waals surface area contributed by atoms with Crippen LogP contribution in [0.2, 0.25) is 5.02 Å². The summed E-state index contributed by atoms with van der Waals surface area (Å²) < 4.78 is 6.63. The molecular weight excluding hydrogens is 326 g/mol. The molecule has 0 radical (unpaired) electrons. The van der Waals surface area contributed by atoms with Crippen LogP contribution in [0.25, 0.3) is 5.69 Å². The van der Waals surface area contributed by atoms with E-state index in [4.69, 9.17) is 16.3 Å². The van der Waals surface area contributed by atoms with Crippen LogP contribution in [-0.4, -0.2) is 16.7 Å². The summed E-state index contributed by atoms with van der Waals surface area (Å²) in [6.07, 6.45) is 3.18. The number of hydrogen-bond donors (Lipinski definition) is 1. The van der Waals surface area contributed by atoms with Crippen LogP contribution in [0.15, 0.2) is 65.7 Å². The lowest BCUT2D eigenvalue weighted by Crippen LogP contribution is -2.23. The number of anilines is 1. The number of aromatic nitrogens is 2. The van der Waals surface area contributed by atoms with Crippen LogP contribution < -0.4 is 15.6 Å². The van der Waals surface area contributed by atoms with Gasteiger partial charge in [0.05, 0.1) is 17.8 Å². The highest BCUT2D eigenvalue weighted by atomic mass is 35.5. The van der Waals surface area contributed by atoms with E-state index in [0.29, 0.717) is 23.0 Å². The molecule has 0 spiro atoms. The Kier molecular flexibility index (Phi) is 4.82. The van der Waals surface area contributed by atoms with Gasteiger partial charge < -0.3 is 10.1 Å². The van der Waals surface area contributed by atoms with Gasteiger partial charge in [-0.05, 0) is 23.8 Å². The van der Waals surface area contributed by atoms with Gasteiger partial charge in [0, 0.05) is 18.9 Å². The predicted molar refractivity (Wildman–Crippen MR) is 95.2 cm³/mol. The van der Waals surface area contributed by atoms with Crippen LogP contribution >= 0.6 is 11.6 Å². The van der Waals surface area contributed by atoms with Crippen molar-refractivity contribution in [3.05, 3.63) is 81.9 Å². The van der Waals surface area contributed by atoms with Gasteiger partial charge in [-0.2, -0.15) is 0 Å². The molecule has 122 valence electrons. The quantitative estimate of drug-likeness (QED) is 0.771. The molecule has 0 saturated carbocycles. The zero-order valence-electron chi connectivity index (χ0n) is 13.1. The largest absolute Gasteiger partial charge is 0.495 e. The lowest BCUT2D eigenvalue weighted by molar-refractivity contribution is 0.415. The summed E-state index contributed by atoms with van der Waals surface area (Å²) in [7, 11) is 1.55. The van der Waals surface area contributed by atoms with E-state index >= 15 is 0 Å². The average Bonchev–Trinajstić information content (AvgIpc) is 2.62. The van der Waals surface area contributed by atoms with Crippen molar-refractivity contribution in [1.29, 1.82) is 0 Å². The molecule has 0 aliphatic heterocycles. The second-order valence-corrected chi connectivity index (χ2v) is 5.52. The number of nitrogens with one attached hydrogen (secondary N) is 1. The van der Waals surface area contributed by atoms with Crippen LogP contribution in [0.5, 0.6) is 5.75 Å². The van der Waals surface area contributed by atoms with Gasteiger partial charge in [-0.3, -0.25) is 9.36 Å². The Morgan fingerprint density at radius 3 is 2.71 bits per heavy atom. The van der Waals surface area contributed by atoms with Crippen molar-refractivity contribution < 1.29 is 4.74 Å². The highest BCUT2D eigenvalue weighted by Gasteiger charge is 2.08. The number of nitrogens with zero attached hydrogens (tertiary/aromatic N) is 2. The minimum atomic E-state index is -0.241. The summed E-state index contributed by atoms with van der Waals surface area (Å²) in [5.74, 6) is 0.846. The van der Waals surface area contributed by atoms with Crippen LogP contribution in [0, 0.1) is 0 Å². The Hall–Kier alpha value is -2.79. The van der Waals surface area contributed by atoms with Crippen molar-refractivity contribution in [2.24, 2.45) is 0 Å². The van der Waals surface area contributed by atoms with E-state index < -0.39 is 0 Å². The van der Waals surface area contributed by atoms with Gasteiger partial charge in [-0.1, -0.05) is 41.9 Å². The number of ether oxygens (including phenoxy) is 1. The molecule has 3 rings (SSSR count). The molecule has 1 N–H and O–H groups in total. The van der Waals surface area contributed by atoms with Crippen molar-refractivity contribution in [3.8, 4) is 11.4 Å². The molecule has 0 atom stereocenters. The number of rotatable bonds is 5. The van der Waals surface area contributed by atoms with E-state index in [1.165, 1.54) is 4.57 Å². The zero-order chi connectivity index (χ0) is 16.9. The first-order valence-electron chi connectivity index (χ1n) is 7.38. The van der Waals surface area contributed by atoms with Crippen LogP contribution in [-0.2, 0) is 6.54 Å². The summed E-state index contributed by atoms with van der Waals surface area (Å²) in [4.78, 5) is 16.8. The van der Waals surface area contributed by atoms with Crippen molar-refractivity contribution in [2.45, 2.75) is 6.54 Å². The Balaban J connectivity index is 1.88. The molecular formula is C18H16ClN3O2. The molecule has 0 amide bonds. The zero-order valence-corrected chi connectivity index (χ0v) is 13.8. The first-order valence-corrected chi connectivity index (χ1v) is 7.76. The molecule has 1 aromatic heterocycles. The maximum atomic E-state index is 12.6. The normalized spacial score (nSPS) is 10.4. The lowest BCUT2D eigenvalue weighted by Gasteiger charge is -2.11. The van der Waals surface area contributed by atoms with E-state index in [9.17, 15) is 4.79 Å². The standard InChI is InChI=1S/C18H16ClN3O2/c1-24-16-8-7-14(11-15(16)19)22-10-9-20-17(18(22)23)21-12-13-5-3-2-4-6-13/h2-11H,12H2,1H3,(H,20,21). The third kappa shape index (κ3) is 3.41. The molecule has 24 heavy (non-hydrogen) atoms. The Labute approximate surface area is 144 Å². The van der Waals surface area contributed by atoms with Gasteiger partial charge in [0.15, 0.2) is 5.82 Å². The summed E-state index contributed by atoms with van der Waals surface area (Å²) in [5.41, 5.74) is 1.48. The number of halogens is 1. The molecule has 6 heteroatoms. The van der Waals surface area contributed by atoms with Crippen LogP contribution in [0.4, 0.5) is 5.82 Å². The lowest BCUT2D eigenvalue weighted by atomic mass is 10.2. The third-order valence-electron chi connectivity index (χ3n) is 3.56. The van der Waals surface area contributed by atoms with E-state index in [0.717, 1.165) is 5.56 Å². The predicted octanol–water partition coefficient (Wildman–Crippen LogP) is 3.51. The third-order valence-corrected chi connectivity index (χ3v) is 3.85. The van der Waals surface area contributed by atoms with Gasteiger partial charge in [0.2, 0.25) is 0 Å². The summed E-state index contributed by atoms with van der Waals surface area (Å²) in [5, 5.41) is 3.52. The van der Waals surface area contributed by atoms with Gasteiger partial charge >= 0.3 is 0 Å². The van der Waals surface area contributed by atoms with Gasteiger partial charge in [-0.15, -0.1) is 0 Å². The van der Waals surface area contributed by atoms with E-state index in [1.54, 1.807) is 37.7 Å². The fraction of sp³-hybridized carbons (Fsp3) is 0.111. The summed E-state index contributed by atoms with van der Waals surface area (Å²) >= 11 is 6.14. The minimum Gasteiger partial charge on any atom is -0.495 e. The Bertz CT molecular complexity index is 894. The van der Waals surface area contributed by atoms with Gasteiger partial charge in [0.1, 0.15) is 5.75 Å². The molecule has 0 unspecified atom stereocenters. The van der Waals surface area contributed by atoms with E-state index in [2.05, 4.69) is 10.3 Å². The maximum absolute atomic E-state index is 12.6. The topological polar surface area (TPSA) is 56.1 Å². The van der Waals surface area contributed by atoms with Crippen molar-refractivity contribution in [3.63, 3.8) is 0 Å². The molecule has 0 fully saturated rings. The smallest absolute Gasteiger partial charge is 0.297 e. The van der Waals surface area contributed by atoms with Crippen molar-refractivity contribution in [2.75, 3.05) is 12.4 Å². The van der Waals surface area contributed by atoms with E-state index in [-0.39, 0.29) is 11.4 Å². The highest BCUT2D eigenvalue weighted by Crippen LogP contribution is 2.26. The highest BCUT2D eigenvalue weighted by molar-refractivity contribution is 6.32. The maximum Gasteiger partial charge on any atom is 0.297 e. The summed E-state index contributed by atoms with van der Waals surface area (Å²) in [6, 6.07) is 15.0. The second-order valence-electron chi connectivity index (χ2n) is 5.11. The first-order chi connectivity index (χ1) is 11.7. The van der Waals surface area contributed by atoms with Crippen molar-refractivity contribution >= 4 is 17.4 Å². The average molecular weight is 342 g/mol. The van der Waals surface area contributed by atoms with Crippen LogP contribution in [0.1, 0.15) is 5.56 Å². The Morgan fingerprint density at radius 2 is 2.00 bits per heavy atom. The first kappa shape index (κ1) is 16.1. The van der Waals surface area contributed by atoms with Crippen LogP contribution in [0.3, 0.4) is 0 Å². The molecule has 0 bridgehead atoms. The molecule has 1 heterocycles. The minimum absolute atomic E-state index is 0.241. The molecule has 0 aliphatic rings. The second kappa shape index (κ2) is 7.19. The van der Waals surface area contributed by atoms with Gasteiger partial charge in [-0.25, -0.2) is 4.98 Å². The molecule has 0 saturated heterocycles. The fourth-order valence-electron chi connectivity index (χ4n) is 2.32. The number of benzene rings is 2. The Morgan fingerprint density at radius 1 is 1.21 bits per heavy atom. The molecule has 0 aliphatic carbocycles.